The first-order valence-electron chi connectivity index (χ1n) is 6.81. The molecule has 0 bridgehead atoms. The topological polar surface area (TPSA) is 89.2 Å². The minimum absolute atomic E-state index is 0.0960. The number of hydrogen-bond donors (Lipinski definition) is 2. The number of hydrogen-bond acceptors (Lipinski definition) is 5. The Hall–Kier alpha value is -1.80. The fourth-order valence-electron chi connectivity index (χ4n) is 1.92. The van der Waals surface area contributed by atoms with Gasteiger partial charge in [0.1, 0.15) is 5.76 Å². The molecule has 0 amide bonds. The maximum Gasteiger partial charge on any atom is 0.295 e. The average molecular weight is 312 g/mol. The van der Waals surface area contributed by atoms with E-state index in [0.29, 0.717) is 30.1 Å². The second-order valence-corrected chi connectivity index (χ2v) is 6.24. The monoisotopic (exact) mass is 312 g/mol. The van der Waals surface area contributed by atoms with E-state index in [1.54, 1.807) is 24.0 Å². The van der Waals surface area contributed by atoms with E-state index in [-0.39, 0.29) is 5.09 Å². The normalized spacial score (nSPS) is 11.8. The van der Waals surface area contributed by atoms with E-state index in [1.807, 2.05) is 13.8 Å². The van der Waals surface area contributed by atoms with Crippen LogP contribution in [0.3, 0.4) is 0 Å². The lowest BCUT2D eigenvalue weighted by atomic mass is 10.3. The van der Waals surface area contributed by atoms with Crippen LogP contribution < -0.4 is 10.0 Å². The van der Waals surface area contributed by atoms with Crippen molar-refractivity contribution < 1.29 is 12.8 Å². The largest absolute Gasteiger partial charge is 0.446 e. The van der Waals surface area contributed by atoms with Crippen molar-refractivity contribution in [2.24, 2.45) is 7.05 Å². The van der Waals surface area contributed by atoms with Crippen LogP contribution in [0.4, 0.5) is 5.69 Å². The highest BCUT2D eigenvalue weighted by Crippen LogP contribution is 2.21. The number of nitrogens with one attached hydrogen (secondary N) is 2. The van der Waals surface area contributed by atoms with Gasteiger partial charge in [-0.05, 0) is 25.1 Å². The number of aryl methyl sites for hydroxylation is 2. The molecule has 0 saturated heterocycles. The molecule has 2 rings (SSSR count). The molecule has 2 N–H and O–H groups in total. The molecule has 2 aromatic rings. The van der Waals surface area contributed by atoms with Crippen molar-refractivity contribution in [3.8, 4) is 0 Å². The highest BCUT2D eigenvalue weighted by atomic mass is 32.2. The number of aromatic nitrogens is 2. The third-order valence-electron chi connectivity index (χ3n) is 2.94. The average Bonchev–Trinajstić information content (AvgIpc) is 3.03. The van der Waals surface area contributed by atoms with Gasteiger partial charge in [-0.3, -0.25) is 9.40 Å². The second kappa shape index (κ2) is 6.31. The zero-order chi connectivity index (χ0) is 15.5. The van der Waals surface area contributed by atoms with Crippen LogP contribution in [0, 0.1) is 0 Å². The summed E-state index contributed by atoms with van der Waals surface area (Å²) in [5.74, 6) is 0.583. The van der Waals surface area contributed by atoms with Gasteiger partial charge in [0.2, 0.25) is 5.09 Å². The lowest BCUT2D eigenvalue weighted by molar-refractivity contribution is 0.405. The highest BCUT2D eigenvalue weighted by Gasteiger charge is 2.21. The summed E-state index contributed by atoms with van der Waals surface area (Å²) in [5.41, 5.74) is 1.17. The molecule has 7 nitrogen and oxygen atoms in total. The number of rotatable bonds is 7. The maximum absolute atomic E-state index is 12.3. The minimum Gasteiger partial charge on any atom is -0.446 e. The first kappa shape index (κ1) is 15.6. The Labute approximate surface area is 124 Å². The molecule has 0 unspecified atom stereocenters. The van der Waals surface area contributed by atoms with Gasteiger partial charge >= 0.3 is 0 Å². The number of furan rings is 1. The Kier molecular flexibility index (Phi) is 4.69. The number of nitrogens with zero attached hydrogens (tertiary/aromatic N) is 2. The van der Waals surface area contributed by atoms with E-state index in [0.717, 1.165) is 6.54 Å². The summed E-state index contributed by atoms with van der Waals surface area (Å²) >= 11 is 0. The zero-order valence-electron chi connectivity index (χ0n) is 12.4. The highest BCUT2D eigenvalue weighted by molar-refractivity contribution is 7.92. The van der Waals surface area contributed by atoms with Gasteiger partial charge < -0.3 is 9.73 Å². The van der Waals surface area contributed by atoms with Gasteiger partial charge in [0.25, 0.3) is 10.0 Å². The summed E-state index contributed by atoms with van der Waals surface area (Å²) in [7, 11) is -1.99. The molecule has 2 aromatic heterocycles. The lowest BCUT2D eigenvalue weighted by Crippen LogP contribution is -2.13. The first-order valence-corrected chi connectivity index (χ1v) is 8.29. The summed E-state index contributed by atoms with van der Waals surface area (Å²) < 4.78 is 34.1. The Bertz CT molecular complexity index is 703. The molecule has 0 fully saturated rings. The van der Waals surface area contributed by atoms with Crippen LogP contribution in [0.25, 0.3) is 0 Å². The Morgan fingerprint density at radius 2 is 2.10 bits per heavy atom. The van der Waals surface area contributed by atoms with Crippen molar-refractivity contribution in [1.82, 2.24) is 15.1 Å². The molecule has 0 aliphatic carbocycles. The summed E-state index contributed by atoms with van der Waals surface area (Å²) in [4.78, 5) is 0. The van der Waals surface area contributed by atoms with Crippen molar-refractivity contribution >= 4 is 15.7 Å². The maximum atomic E-state index is 12.3. The summed E-state index contributed by atoms with van der Waals surface area (Å²) in [6.45, 7) is 5.17. The predicted molar refractivity (Wildman–Crippen MR) is 79.5 cm³/mol. The van der Waals surface area contributed by atoms with Gasteiger partial charge in [0.05, 0.1) is 17.9 Å². The fourth-order valence-corrected chi connectivity index (χ4v) is 2.95. The molecule has 0 spiro atoms. The molecule has 0 aromatic carbocycles. The molecular weight excluding hydrogens is 292 g/mol. The summed E-state index contributed by atoms with van der Waals surface area (Å²) in [6.07, 6.45) is 2.28. The van der Waals surface area contributed by atoms with Gasteiger partial charge in [0, 0.05) is 13.2 Å². The smallest absolute Gasteiger partial charge is 0.295 e. The van der Waals surface area contributed by atoms with Gasteiger partial charge in [-0.2, -0.15) is 13.5 Å². The molecule has 0 aliphatic rings. The van der Waals surface area contributed by atoms with Crippen LogP contribution in [0.5, 0.6) is 0 Å². The standard InChI is InChI=1S/C13H20N4O3S/c1-4-11-12(9-17(3)15-11)16-21(18,19)13-7-6-10(20-13)8-14-5-2/h6-7,9,14,16H,4-5,8H2,1-3H3. The predicted octanol–water partition coefficient (Wildman–Crippen LogP) is 1.49. The van der Waals surface area contributed by atoms with Crippen LogP contribution in [-0.2, 0) is 30.0 Å². The van der Waals surface area contributed by atoms with E-state index < -0.39 is 10.0 Å². The molecule has 21 heavy (non-hydrogen) atoms. The van der Waals surface area contributed by atoms with Crippen LogP contribution in [0.1, 0.15) is 25.3 Å². The quantitative estimate of drug-likeness (QED) is 0.808. The number of sulfonamides is 1. The van der Waals surface area contributed by atoms with Crippen molar-refractivity contribution in [1.29, 1.82) is 0 Å². The van der Waals surface area contributed by atoms with Gasteiger partial charge in [-0.1, -0.05) is 13.8 Å². The van der Waals surface area contributed by atoms with Crippen LogP contribution in [-0.4, -0.2) is 24.7 Å². The van der Waals surface area contributed by atoms with Gasteiger partial charge in [-0.25, -0.2) is 0 Å². The van der Waals surface area contributed by atoms with E-state index in [4.69, 9.17) is 4.42 Å². The van der Waals surface area contributed by atoms with E-state index >= 15 is 0 Å². The van der Waals surface area contributed by atoms with Crippen molar-refractivity contribution in [3.05, 3.63) is 29.8 Å². The van der Waals surface area contributed by atoms with Crippen molar-refractivity contribution in [2.75, 3.05) is 11.3 Å². The summed E-state index contributed by atoms with van der Waals surface area (Å²) in [6, 6.07) is 3.11. The van der Waals surface area contributed by atoms with E-state index in [1.165, 1.54) is 6.07 Å². The molecule has 0 atom stereocenters. The Morgan fingerprint density at radius 1 is 1.33 bits per heavy atom. The molecule has 8 heteroatoms. The molecule has 2 heterocycles. The van der Waals surface area contributed by atoms with Crippen LogP contribution in [0.2, 0.25) is 0 Å². The number of anilines is 1. The molecule has 0 aliphatic heterocycles. The molecular formula is C13H20N4O3S. The molecule has 0 saturated carbocycles. The first-order chi connectivity index (χ1) is 9.96. The van der Waals surface area contributed by atoms with Crippen LogP contribution in [0.15, 0.2) is 27.8 Å². The van der Waals surface area contributed by atoms with Crippen LogP contribution >= 0.6 is 0 Å². The van der Waals surface area contributed by atoms with Crippen molar-refractivity contribution in [2.45, 2.75) is 31.9 Å². The third-order valence-corrected chi connectivity index (χ3v) is 4.17. The zero-order valence-corrected chi connectivity index (χ0v) is 13.2. The van der Waals surface area contributed by atoms with E-state index in [9.17, 15) is 8.42 Å². The molecule has 116 valence electrons. The fraction of sp³-hybridized carbons (Fsp3) is 0.462. The third kappa shape index (κ3) is 3.64. The Morgan fingerprint density at radius 3 is 2.76 bits per heavy atom. The van der Waals surface area contributed by atoms with Gasteiger partial charge in [0.15, 0.2) is 0 Å². The van der Waals surface area contributed by atoms with Crippen molar-refractivity contribution in [3.63, 3.8) is 0 Å². The SMILES string of the molecule is CCNCc1ccc(S(=O)(=O)Nc2cn(C)nc2CC)o1. The van der Waals surface area contributed by atoms with Gasteiger partial charge in [-0.15, -0.1) is 0 Å². The van der Waals surface area contributed by atoms with E-state index in [2.05, 4.69) is 15.1 Å². The summed E-state index contributed by atoms with van der Waals surface area (Å²) in [5, 5.41) is 7.18. The molecule has 0 radical (unpaired) electrons. The minimum atomic E-state index is -3.73. The lowest BCUT2D eigenvalue weighted by Gasteiger charge is -2.04. The Balaban J connectivity index is 2.19. The second-order valence-electron chi connectivity index (χ2n) is 4.62.